The highest BCUT2D eigenvalue weighted by Gasteiger charge is 2.33. The molecule has 0 unspecified atom stereocenters. The standard InChI is InChI=1S/C13H24N2O5/c1-3-4-10(11(16)17)14-12(18)15(2)9-13(19)5-7-20-8-6-13/h10,19H,3-9H2,1-2H3,(H,14,18)(H,16,17)/t10-/m1/s1. The molecule has 0 aromatic carbocycles. The van der Waals surface area contributed by atoms with Crippen LogP contribution >= 0.6 is 0 Å². The van der Waals surface area contributed by atoms with Crippen LogP contribution in [0.4, 0.5) is 4.79 Å². The number of carboxylic acid groups (broad SMARTS) is 1. The second-order valence-corrected chi connectivity index (χ2v) is 5.32. The van der Waals surface area contributed by atoms with E-state index in [0.29, 0.717) is 38.9 Å². The van der Waals surface area contributed by atoms with Crippen LogP contribution in [0, 0.1) is 0 Å². The summed E-state index contributed by atoms with van der Waals surface area (Å²) >= 11 is 0. The molecule has 0 spiro atoms. The highest BCUT2D eigenvalue weighted by Crippen LogP contribution is 2.21. The SMILES string of the molecule is CCC[C@@H](NC(=O)N(C)CC1(O)CCOCC1)C(=O)O. The molecule has 0 aliphatic carbocycles. The maximum Gasteiger partial charge on any atom is 0.326 e. The van der Waals surface area contributed by atoms with Crippen molar-refractivity contribution in [3.8, 4) is 0 Å². The average Bonchev–Trinajstić information content (AvgIpc) is 2.38. The summed E-state index contributed by atoms with van der Waals surface area (Å²) < 4.78 is 5.18. The summed E-state index contributed by atoms with van der Waals surface area (Å²) in [5.74, 6) is -1.04. The summed E-state index contributed by atoms with van der Waals surface area (Å²) in [5, 5.41) is 21.8. The van der Waals surface area contributed by atoms with Crippen LogP contribution in [-0.2, 0) is 9.53 Å². The van der Waals surface area contributed by atoms with Gasteiger partial charge in [-0.15, -0.1) is 0 Å². The van der Waals surface area contributed by atoms with Gasteiger partial charge in [-0.25, -0.2) is 9.59 Å². The van der Waals surface area contributed by atoms with Crippen molar-refractivity contribution in [2.45, 2.75) is 44.2 Å². The van der Waals surface area contributed by atoms with Crippen molar-refractivity contribution in [1.82, 2.24) is 10.2 Å². The van der Waals surface area contributed by atoms with E-state index in [0.717, 1.165) is 0 Å². The molecule has 0 aromatic heterocycles. The van der Waals surface area contributed by atoms with Crippen LogP contribution in [-0.4, -0.2) is 65.6 Å². The molecule has 1 heterocycles. The van der Waals surface area contributed by atoms with Gasteiger partial charge in [0.25, 0.3) is 0 Å². The number of urea groups is 1. The second-order valence-electron chi connectivity index (χ2n) is 5.32. The number of aliphatic hydroxyl groups is 1. The third kappa shape index (κ3) is 4.97. The zero-order valence-corrected chi connectivity index (χ0v) is 12.1. The number of rotatable bonds is 6. The molecule has 1 aliphatic heterocycles. The minimum Gasteiger partial charge on any atom is -0.480 e. The average molecular weight is 288 g/mol. The van der Waals surface area contributed by atoms with E-state index in [-0.39, 0.29) is 6.54 Å². The van der Waals surface area contributed by atoms with E-state index in [2.05, 4.69) is 5.32 Å². The van der Waals surface area contributed by atoms with Gasteiger partial charge in [-0.1, -0.05) is 13.3 Å². The van der Waals surface area contributed by atoms with Crippen molar-refractivity contribution in [1.29, 1.82) is 0 Å². The molecule has 1 saturated heterocycles. The lowest BCUT2D eigenvalue weighted by Gasteiger charge is -2.35. The lowest BCUT2D eigenvalue weighted by Crippen LogP contribution is -2.52. The molecular weight excluding hydrogens is 264 g/mol. The molecule has 7 nitrogen and oxygen atoms in total. The molecule has 0 aromatic rings. The van der Waals surface area contributed by atoms with Crippen molar-refractivity contribution in [3.05, 3.63) is 0 Å². The highest BCUT2D eigenvalue weighted by molar-refractivity contribution is 5.82. The van der Waals surface area contributed by atoms with Gasteiger partial charge in [0.1, 0.15) is 6.04 Å². The van der Waals surface area contributed by atoms with Gasteiger partial charge in [0.15, 0.2) is 0 Å². The van der Waals surface area contributed by atoms with E-state index in [1.54, 1.807) is 7.05 Å². The molecule has 1 fully saturated rings. The van der Waals surface area contributed by atoms with Gasteiger partial charge in [-0.05, 0) is 6.42 Å². The first-order chi connectivity index (χ1) is 9.38. The Morgan fingerprint density at radius 3 is 2.50 bits per heavy atom. The fourth-order valence-electron chi connectivity index (χ4n) is 2.23. The number of aliphatic carboxylic acids is 1. The maximum atomic E-state index is 12.0. The molecule has 20 heavy (non-hydrogen) atoms. The van der Waals surface area contributed by atoms with Crippen LogP contribution in [0.5, 0.6) is 0 Å². The van der Waals surface area contributed by atoms with Gasteiger partial charge in [-0.3, -0.25) is 0 Å². The maximum absolute atomic E-state index is 12.0. The van der Waals surface area contributed by atoms with Gasteiger partial charge >= 0.3 is 12.0 Å². The topological polar surface area (TPSA) is 99.1 Å². The fraction of sp³-hybridized carbons (Fsp3) is 0.846. The van der Waals surface area contributed by atoms with Crippen molar-refractivity contribution in [2.75, 3.05) is 26.8 Å². The summed E-state index contributed by atoms with van der Waals surface area (Å²) in [5.41, 5.74) is -0.951. The Hall–Kier alpha value is -1.34. The minimum atomic E-state index is -1.04. The summed E-state index contributed by atoms with van der Waals surface area (Å²) in [4.78, 5) is 24.3. The van der Waals surface area contributed by atoms with Crippen LogP contribution in [0.1, 0.15) is 32.6 Å². The van der Waals surface area contributed by atoms with Gasteiger partial charge < -0.3 is 25.2 Å². The first-order valence-electron chi connectivity index (χ1n) is 6.92. The van der Waals surface area contributed by atoms with Gasteiger partial charge in [0.2, 0.25) is 0 Å². The van der Waals surface area contributed by atoms with E-state index < -0.39 is 23.6 Å². The van der Waals surface area contributed by atoms with Crippen molar-refractivity contribution >= 4 is 12.0 Å². The first kappa shape index (κ1) is 16.7. The number of carbonyl (C=O) groups excluding carboxylic acids is 1. The molecule has 2 amide bonds. The molecule has 0 bridgehead atoms. The number of likely N-dealkylation sites (N-methyl/N-ethyl adjacent to an activating group) is 1. The van der Waals surface area contributed by atoms with Crippen LogP contribution in [0.25, 0.3) is 0 Å². The lowest BCUT2D eigenvalue weighted by atomic mass is 9.94. The van der Waals surface area contributed by atoms with E-state index in [1.807, 2.05) is 6.92 Å². The molecule has 7 heteroatoms. The van der Waals surface area contributed by atoms with Crippen LogP contribution in [0.3, 0.4) is 0 Å². The smallest absolute Gasteiger partial charge is 0.326 e. The Bertz CT molecular complexity index is 342. The quantitative estimate of drug-likeness (QED) is 0.658. The van der Waals surface area contributed by atoms with E-state index in [4.69, 9.17) is 9.84 Å². The number of carbonyl (C=O) groups is 2. The Morgan fingerprint density at radius 1 is 1.40 bits per heavy atom. The number of nitrogens with one attached hydrogen (secondary N) is 1. The second kappa shape index (κ2) is 7.44. The van der Waals surface area contributed by atoms with Gasteiger partial charge in [0, 0.05) is 33.1 Å². The van der Waals surface area contributed by atoms with Crippen molar-refractivity contribution in [2.24, 2.45) is 0 Å². The van der Waals surface area contributed by atoms with Crippen LogP contribution < -0.4 is 5.32 Å². The third-order valence-corrected chi connectivity index (χ3v) is 3.47. The Morgan fingerprint density at radius 2 is 2.00 bits per heavy atom. The zero-order valence-electron chi connectivity index (χ0n) is 12.1. The highest BCUT2D eigenvalue weighted by atomic mass is 16.5. The number of hydrogen-bond acceptors (Lipinski definition) is 4. The van der Waals surface area contributed by atoms with E-state index >= 15 is 0 Å². The summed E-state index contributed by atoms with van der Waals surface area (Å²) in [6.45, 7) is 2.97. The molecular formula is C13H24N2O5. The number of nitrogens with zero attached hydrogens (tertiary/aromatic N) is 1. The monoisotopic (exact) mass is 288 g/mol. The molecule has 1 rings (SSSR count). The number of amides is 2. The minimum absolute atomic E-state index is 0.167. The zero-order chi connectivity index (χ0) is 15.2. The first-order valence-corrected chi connectivity index (χ1v) is 6.92. The summed E-state index contributed by atoms with van der Waals surface area (Å²) in [6.07, 6.45) is 2.00. The number of ether oxygens (including phenoxy) is 1. The summed E-state index contributed by atoms with van der Waals surface area (Å²) in [7, 11) is 1.55. The van der Waals surface area contributed by atoms with E-state index in [1.165, 1.54) is 4.90 Å². The van der Waals surface area contributed by atoms with Crippen molar-refractivity contribution < 1.29 is 24.5 Å². The van der Waals surface area contributed by atoms with Gasteiger partial charge in [0.05, 0.1) is 12.1 Å². The molecule has 0 radical (unpaired) electrons. The molecule has 1 atom stereocenters. The normalized spacial score (nSPS) is 19.1. The van der Waals surface area contributed by atoms with E-state index in [9.17, 15) is 14.7 Å². The molecule has 1 aliphatic rings. The number of hydrogen-bond donors (Lipinski definition) is 3. The third-order valence-electron chi connectivity index (χ3n) is 3.47. The molecule has 0 saturated carbocycles. The Labute approximate surface area is 118 Å². The summed E-state index contributed by atoms with van der Waals surface area (Å²) in [6, 6.07) is -1.37. The fourth-order valence-corrected chi connectivity index (χ4v) is 2.23. The van der Waals surface area contributed by atoms with Crippen LogP contribution in [0.2, 0.25) is 0 Å². The largest absolute Gasteiger partial charge is 0.480 e. The number of carboxylic acids is 1. The van der Waals surface area contributed by atoms with Crippen LogP contribution in [0.15, 0.2) is 0 Å². The predicted octanol–water partition coefficient (Wildman–Crippen LogP) is 0.423. The molecule has 3 N–H and O–H groups in total. The predicted molar refractivity (Wildman–Crippen MR) is 72.5 cm³/mol. The Kier molecular flexibility index (Phi) is 6.22. The Balaban J connectivity index is 2.51. The van der Waals surface area contributed by atoms with Gasteiger partial charge in [-0.2, -0.15) is 0 Å². The lowest BCUT2D eigenvalue weighted by molar-refractivity contribution is -0.139. The van der Waals surface area contributed by atoms with Crippen molar-refractivity contribution in [3.63, 3.8) is 0 Å². The molecule has 116 valence electrons.